The van der Waals surface area contributed by atoms with Crippen molar-refractivity contribution in [3.8, 4) is 6.07 Å². The number of alkyl halides is 3. The average Bonchev–Trinajstić information content (AvgIpc) is 2.68. The Bertz CT molecular complexity index is 1040. The molecular formula is C19H12F3N5O. The van der Waals surface area contributed by atoms with E-state index in [0.717, 1.165) is 12.1 Å². The van der Waals surface area contributed by atoms with Crippen molar-refractivity contribution in [3.05, 3.63) is 77.6 Å². The molecular weight excluding hydrogens is 371 g/mol. The van der Waals surface area contributed by atoms with E-state index < -0.39 is 17.6 Å². The van der Waals surface area contributed by atoms with Crippen LogP contribution in [0.2, 0.25) is 0 Å². The first-order valence-corrected chi connectivity index (χ1v) is 7.93. The highest BCUT2D eigenvalue weighted by atomic mass is 19.4. The topological polar surface area (TPSA) is 90.7 Å². The molecule has 0 radical (unpaired) electrons. The molecule has 0 saturated heterocycles. The zero-order valence-electron chi connectivity index (χ0n) is 14.2. The van der Waals surface area contributed by atoms with Crippen LogP contribution in [0.1, 0.15) is 21.5 Å². The number of rotatable bonds is 4. The summed E-state index contributed by atoms with van der Waals surface area (Å²) in [6.07, 6.45) is -2.00. The van der Waals surface area contributed by atoms with Gasteiger partial charge in [0, 0.05) is 18.1 Å². The summed E-state index contributed by atoms with van der Waals surface area (Å²) in [5.41, 5.74) is 0.141. The van der Waals surface area contributed by atoms with Gasteiger partial charge < -0.3 is 10.6 Å². The van der Waals surface area contributed by atoms with Gasteiger partial charge in [0.05, 0.1) is 22.4 Å². The molecule has 140 valence electrons. The number of aromatic nitrogens is 2. The quantitative estimate of drug-likeness (QED) is 0.698. The molecule has 0 unspecified atom stereocenters. The van der Waals surface area contributed by atoms with Crippen LogP contribution in [0.3, 0.4) is 0 Å². The lowest BCUT2D eigenvalue weighted by atomic mass is 10.2. The monoisotopic (exact) mass is 383 g/mol. The lowest BCUT2D eigenvalue weighted by Gasteiger charge is -2.10. The molecule has 3 aromatic rings. The number of hydrogen-bond donors (Lipinski definition) is 2. The molecule has 1 amide bonds. The van der Waals surface area contributed by atoms with E-state index in [1.165, 1.54) is 24.5 Å². The number of carbonyl (C=O) groups is 1. The van der Waals surface area contributed by atoms with Gasteiger partial charge in [0.1, 0.15) is 6.07 Å². The van der Waals surface area contributed by atoms with E-state index in [0.29, 0.717) is 11.3 Å². The summed E-state index contributed by atoms with van der Waals surface area (Å²) < 4.78 is 38.3. The maximum Gasteiger partial charge on any atom is 0.416 e. The van der Waals surface area contributed by atoms with E-state index in [2.05, 4.69) is 20.6 Å². The van der Waals surface area contributed by atoms with Crippen molar-refractivity contribution in [1.29, 1.82) is 5.26 Å². The Labute approximate surface area is 157 Å². The van der Waals surface area contributed by atoms with E-state index in [1.54, 1.807) is 24.3 Å². The number of nitrogens with zero attached hydrogens (tertiary/aromatic N) is 3. The van der Waals surface area contributed by atoms with Crippen LogP contribution in [0.4, 0.5) is 30.5 Å². The lowest BCUT2D eigenvalue weighted by Crippen LogP contribution is -2.14. The molecule has 0 spiro atoms. The van der Waals surface area contributed by atoms with E-state index >= 15 is 0 Å². The molecule has 0 fully saturated rings. The predicted molar refractivity (Wildman–Crippen MR) is 95.9 cm³/mol. The van der Waals surface area contributed by atoms with Gasteiger partial charge in [-0.15, -0.1) is 0 Å². The number of halogens is 3. The first kappa shape index (κ1) is 18.8. The van der Waals surface area contributed by atoms with Gasteiger partial charge in [-0.3, -0.25) is 4.79 Å². The molecule has 0 aliphatic rings. The molecule has 6 nitrogen and oxygen atoms in total. The Morgan fingerprint density at radius 3 is 2.43 bits per heavy atom. The molecule has 9 heteroatoms. The van der Waals surface area contributed by atoms with Crippen molar-refractivity contribution in [2.75, 3.05) is 10.6 Å². The standard InChI is InChI=1S/C19H12F3N5O/c20-19(21,22)14-5-3-6-15(8-14)26-18-24-10-13(11-25-18)17(28)27-16-7-2-1-4-12(16)9-23/h1-8,10-11H,(H,27,28)(H,24,25,26). The third kappa shape index (κ3) is 4.42. The molecule has 1 heterocycles. The molecule has 0 aliphatic carbocycles. The molecule has 0 saturated carbocycles. The molecule has 1 aromatic heterocycles. The van der Waals surface area contributed by atoms with Crippen LogP contribution in [-0.4, -0.2) is 15.9 Å². The SMILES string of the molecule is N#Cc1ccccc1NC(=O)c1cnc(Nc2cccc(C(F)(F)F)c2)nc1. The zero-order valence-corrected chi connectivity index (χ0v) is 14.2. The number of anilines is 3. The molecule has 0 aliphatic heterocycles. The summed E-state index contributed by atoms with van der Waals surface area (Å²) in [5.74, 6) is -0.485. The normalized spacial score (nSPS) is 10.8. The number of para-hydroxylation sites is 1. The number of nitrogens with one attached hydrogen (secondary N) is 2. The van der Waals surface area contributed by atoms with E-state index in [4.69, 9.17) is 5.26 Å². The Morgan fingerprint density at radius 1 is 1.04 bits per heavy atom. The minimum Gasteiger partial charge on any atom is -0.324 e. The molecule has 2 N–H and O–H groups in total. The van der Waals surface area contributed by atoms with Crippen molar-refractivity contribution in [3.63, 3.8) is 0 Å². The Balaban J connectivity index is 1.72. The zero-order chi connectivity index (χ0) is 20.1. The van der Waals surface area contributed by atoms with Gasteiger partial charge in [-0.05, 0) is 30.3 Å². The third-order valence-corrected chi connectivity index (χ3v) is 3.66. The van der Waals surface area contributed by atoms with Gasteiger partial charge in [0.2, 0.25) is 5.95 Å². The molecule has 28 heavy (non-hydrogen) atoms. The van der Waals surface area contributed by atoms with Gasteiger partial charge in [-0.2, -0.15) is 18.4 Å². The van der Waals surface area contributed by atoms with Crippen LogP contribution in [0, 0.1) is 11.3 Å². The van der Waals surface area contributed by atoms with Crippen molar-refractivity contribution < 1.29 is 18.0 Å². The van der Waals surface area contributed by atoms with Crippen LogP contribution >= 0.6 is 0 Å². The lowest BCUT2D eigenvalue weighted by molar-refractivity contribution is -0.137. The van der Waals surface area contributed by atoms with Crippen molar-refractivity contribution in [2.24, 2.45) is 0 Å². The number of nitriles is 1. The minimum absolute atomic E-state index is 0.0355. The Kier molecular flexibility index (Phi) is 5.22. The summed E-state index contributed by atoms with van der Waals surface area (Å²) in [7, 11) is 0. The second kappa shape index (κ2) is 7.75. The first-order chi connectivity index (χ1) is 13.4. The highest BCUT2D eigenvalue weighted by Gasteiger charge is 2.30. The fourth-order valence-corrected chi connectivity index (χ4v) is 2.30. The number of benzene rings is 2. The maximum absolute atomic E-state index is 12.8. The highest BCUT2D eigenvalue weighted by molar-refractivity contribution is 6.04. The van der Waals surface area contributed by atoms with Crippen molar-refractivity contribution >= 4 is 23.2 Å². The number of amides is 1. The van der Waals surface area contributed by atoms with Crippen LogP contribution in [0.5, 0.6) is 0 Å². The number of hydrogen-bond acceptors (Lipinski definition) is 5. The Morgan fingerprint density at radius 2 is 1.75 bits per heavy atom. The number of carbonyl (C=O) groups excluding carboxylic acids is 1. The second-order valence-corrected chi connectivity index (χ2v) is 5.61. The summed E-state index contributed by atoms with van der Waals surface area (Å²) in [5, 5.41) is 14.3. The highest BCUT2D eigenvalue weighted by Crippen LogP contribution is 2.31. The van der Waals surface area contributed by atoms with E-state index in [9.17, 15) is 18.0 Å². The fraction of sp³-hybridized carbons (Fsp3) is 0.0526. The molecule has 2 aromatic carbocycles. The third-order valence-electron chi connectivity index (χ3n) is 3.66. The predicted octanol–water partition coefficient (Wildman–Crippen LogP) is 4.36. The van der Waals surface area contributed by atoms with Crippen molar-refractivity contribution in [2.45, 2.75) is 6.18 Å². The van der Waals surface area contributed by atoms with E-state index in [1.807, 2.05) is 6.07 Å². The first-order valence-electron chi connectivity index (χ1n) is 7.93. The van der Waals surface area contributed by atoms with Gasteiger partial charge in [-0.1, -0.05) is 18.2 Å². The van der Waals surface area contributed by atoms with Gasteiger partial charge >= 0.3 is 6.18 Å². The van der Waals surface area contributed by atoms with Crippen LogP contribution in [0.25, 0.3) is 0 Å². The van der Waals surface area contributed by atoms with Crippen LogP contribution in [0.15, 0.2) is 60.9 Å². The summed E-state index contributed by atoms with van der Waals surface area (Å²) in [6, 6.07) is 13.1. The van der Waals surface area contributed by atoms with Gasteiger partial charge in [-0.25, -0.2) is 9.97 Å². The fourth-order valence-electron chi connectivity index (χ4n) is 2.30. The second-order valence-electron chi connectivity index (χ2n) is 5.61. The van der Waals surface area contributed by atoms with Gasteiger partial charge in [0.25, 0.3) is 5.91 Å². The van der Waals surface area contributed by atoms with Crippen LogP contribution in [-0.2, 0) is 6.18 Å². The molecule has 0 bridgehead atoms. The average molecular weight is 383 g/mol. The summed E-state index contributed by atoms with van der Waals surface area (Å²) >= 11 is 0. The summed E-state index contributed by atoms with van der Waals surface area (Å²) in [4.78, 5) is 20.1. The van der Waals surface area contributed by atoms with Crippen molar-refractivity contribution in [1.82, 2.24) is 9.97 Å². The van der Waals surface area contributed by atoms with Gasteiger partial charge in [0.15, 0.2) is 0 Å². The minimum atomic E-state index is -4.46. The smallest absolute Gasteiger partial charge is 0.324 e. The maximum atomic E-state index is 12.8. The Hall–Kier alpha value is -3.93. The summed E-state index contributed by atoms with van der Waals surface area (Å²) in [6.45, 7) is 0. The molecule has 3 rings (SSSR count). The van der Waals surface area contributed by atoms with Crippen LogP contribution < -0.4 is 10.6 Å². The van der Waals surface area contributed by atoms with E-state index in [-0.39, 0.29) is 17.2 Å². The largest absolute Gasteiger partial charge is 0.416 e. The molecule has 0 atom stereocenters.